The highest BCUT2D eigenvalue weighted by molar-refractivity contribution is 5.83. The molecule has 0 aliphatic carbocycles. The van der Waals surface area contributed by atoms with E-state index in [0.717, 1.165) is 33.9 Å². The first-order valence-electron chi connectivity index (χ1n) is 6.40. The number of nitrogens with zero attached hydrogens (tertiary/aromatic N) is 1. The molecular formula is C16H16N2O2. The second kappa shape index (κ2) is 4.89. The molecule has 0 saturated carbocycles. The fourth-order valence-electron chi connectivity index (χ4n) is 2.33. The number of imidazole rings is 1. The van der Waals surface area contributed by atoms with Crippen molar-refractivity contribution in [2.45, 2.75) is 6.92 Å². The number of fused-ring (bicyclic) bond motifs is 1. The Morgan fingerprint density at radius 1 is 1.00 bits per heavy atom. The van der Waals surface area contributed by atoms with Crippen LogP contribution in [0.1, 0.15) is 5.56 Å². The third-order valence-corrected chi connectivity index (χ3v) is 3.30. The van der Waals surface area contributed by atoms with Gasteiger partial charge in [-0.05, 0) is 36.8 Å². The Kier molecular flexibility index (Phi) is 3.06. The molecule has 1 heterocycles. The molecule has 20 heavy (non-hydrogen) atoms. The van der Waals surface area contributed by atoms with Gasteiger partial charge in [0.15, 0.2) is 0 Å². The molecular weight excluding hydrogens is 252 g/mol. The number of nitrogens with one attached hydrogen (secondary N) is 1. The van der Waals surface area contributed by atoms with Gasteiger partial charge in [-0.3, -0.25) is 0 Å². The van der Waals surface area contributed by atoms with Gasteiger partial charge in [0.05, 0.1) is 25.3 Å². The van der Waals surface area contributed by atoms with Crippen molar-refractivity contribution in [3.05, 3.63) is 42.0 Å². The highest BCUT2D eigenvalue weighted by Gasteiger charge is 2.15. The highest BCUT2D eigenvalue weighted by Crippen LogP contribution is 2.37. The van der Waals surface area contributed by atoms with Gasteiger partial charge in [-0.2, -0.15) is 0 Å². The van der Waals surface area contributed by atoms with Gasteiger partial charge in [0.25, 0.3) is 0 Å². The summed E-state index contributed by atoms with van der Waals surface area (Å²) < 4.78 is 10.8. The monoisotopic (exact) mass is 268 g/mol. The number of aryl methyl sites for hydroxylation is 1. The Hall–Kier alpha value is -2.49. The molecule has 3 rings (SSSR count). The summed E-state index contributed by atoms with van der Waals surface area (Å²) in [5.74, 6) is 2.22. The zero-order chi connectivity index (χ0) is 14.1. The minimum atomic E-state index is 0.736. The normalized spacial score (nSPS) is 10.8. The molecule has 0 fully saturated rings. The van der Waals surface area contributed by atoms with Gasteiger partial charge >= 0.3 is 0 Å². The van der Waals surface area contributed by atoms with E-state index in [4.69, 9.17) is 9.47 Å². The number of benzene rings is 2. The second-order valence-electron chi connectivity index (χ2n) is 4.64. The molecule has 0 radical (unpaired) electrons. The summed E-state index contributed by atoms with van der Waals surface area (Å²) in [6.07, 6.45) is 0. The first-order chi connectivity index (χ1) is 9.72. The number of H-pyrrole nitrogens is 1. The Bertz CT molecular complexity index is 740. The quantitative estimate of drug-likeness (QED) is 0.790. The SMILES string of the molecule is COc1cccc(OC)c1-c1nc2ccc(C)cc2[nH]1. The molecule has 0 saturated heterocycles. The maximum atomic E-state index is 5.42. The summed E-state index contributed by atoms with van der Waals surface area (Å²) in [4.78, 5) is 7.96. The van der Waals surface area contributed by atoms with Crippen LogP contribution in [0.5, 0.6) is 11.5 Å². The van der Waals surface area contributed by atoms with Crippen molar-refractivity contribution in [2.24, 2.45) is 0 Å². The van der Waals surface area contributed by atoms with Crippen molar-refractivity contribution in [1.82, 2.24) is 9.97 Å². The van der Waals surface area contributed by atoms with E-state index in [-0.39, 0.29) is 0 Å². The van der Waals surface area contributed by atoms with Gasteiger partial charge in [0.1, 0.15) is 22.9 Å². The van der Waals surface area contributed by atoms with Crippen LogP contribution in [0.3, 0.4) is 0 Å². The van der Waals surface area contributed by atoms with Gasteiger partial charge in [-0.1, -0.05) is 12.1 Å². The van der Waals surface area contributed by atoms with Crippen LogP contribution < -0.4 is 9.47 Å². The van der Waals surface area contributed by atoms with E-state index in [1.165, 1.54) is 5.56 Å². The van der Waals surface area contributed by atoms with Crippen LogP contribution in [0.2, 0.25) is 0 Å². The fourth-order valence-corrected chi connectivity index (χ4v) is 2.33. The summed E-state index contributed by atoms with van der Waals surface area (Å²) in [6.45, 7) is 2.06. The average molecular weight is 268 g/mol. The minimum Gasteiger partial charge on any atom is -0.496 e. The molecule has 0 bridgehead atoms. The molecule has 3 aromatic rings. The summed E-state index contributed by atoms with van der Waals surface area (Å²) in [5, 5.41) is 0. The number of aromatic amines is 1. The molecule has 1 N–H and O–H groups in total. The van der Waals surface area contributed by atoms with E-state index in [0.29, 0.717) is 0 Å². The smallest absolute Gasteiger partial charge is 0.146 e. The summed E-state index contributed by atoms with van der Waals surface area (Å²) in [6, 6.07) is 11.8. The number of rotatable bonds is 3. The molecule has 102 valence electrons. The number of hydrogen-bond acceptors (Lipinski definition) is 3. The molecule has 1 aromatic heterocycles. The van der Waals surface area contributed by atoms with Crippen molar-refractivity contribution in [3.63, 3.8) is 0 Å². The topological polar surface area (TPSA) is 47.1 Å². The van der Waals surface area contributed by atoms with Crippen LogP contribution in [-0.4, -0.2) is 24.2 Å². The predicted molar refractivity (Wildman–Crippen MR) is 79.4 cm³/mol. The summed E-state index contributed by atoms with van der Waals surface area (Å²) in [5.41, 5.74) is 3.97. The number of hydrogen-bond donors (Lipinski definition) is 1. The van der Waals surface area contributed by atoms with Crippen LogP contribution in [0.4, 0.5) is 0 Å². The van der Waals surface area contributed by atoms with Crippen molar-refractivity contribution in [2.75, 3.05) is 14.2 Å². The third kappa shape index (κ3) is 1.99. The van der Waals surface area contributed by atoms with E-state index in [9.17, 15) is 0 Å². The summed E-state index contributed by atoms with van der Waals surface area (Å²) >= 11 is 0. The zero-order valence-electron chi connectivity index (χ0n) is 11.7. The standard InChI is InChI=1S/C16H16N2O2/c1-10-7-8-11-12(9-10)18-16(17-11)15-13(19-2)5-4-6-14(15)20-3/h4-9H,1-3H3,(H,17,18). The average Bonchev–Trinajstić information content (AvgIpc) is 2.88. The lowest BCUT2D eigenvalue weighted by Gasteiger charge is -2.10. The molecule has 0 amide bonds. The molecule has 0 unspecified atom stereocenters. The zero-order valence-corrected chi connectivity index (χ0v) is 11.7. The lowest BCUT2D eigenvalue weighted by Crippen LogP contribution is -1.93. The van der Waals surface area contributed by atoms with Crippen molar-refractivity contribution in [1.29, 1.82) is 0 Å². The largest absolute Gasteiger partial charge is 0.496 e. The van der Waals surface area contributed by atoms with Gasteiger partial charge in [-0.25, -0.2) is 4.98 Å². The minimum absolute atomic E-state index is 0.736. The van der Waals surface area contributed by atoms with E-state index in [2.05, 4.69) is 23.0 Å². The Morgan fingerprint density at radius 3 is 2.35 bits per heavy atom. The van der Waals surface area contributed by atoms with Gasteiger partial charge in [0.2, 0.25) is 0 Å². The van der Waals surface area contributed by atoms with Crippen molar-refractivity contribution < 1.29 is 9.47 Å². The summed E-state index contributed by atoms with van der Waals surface area (Å²) in [7, 11) is 3.29. The Labute approximate surface area is 117 Å². The van der Waals surface area contributed by atoms with Crippen LogP contribution >= 0.6 is 0 Å². The molecule has 4 nitrogen and oxygen atoms in total. The lowest BCUT2D eigenvalue weighted by molar-refractivity contribution is 0.397. The van der Waals surface area contributed by atoms with E-state index in [1.807, 2.05) is 30.3 Å². The van der Waals surface area contributed by atoms with Crippen LogP contribution in [0, 0.1) is 6.92 Å². The molecule has 0 spiro atoms. The second-order valence-corrected chi connectivity index (χ2v) is 4.64. The number of methoxy groups -OCH3 is 2. The van der Waals surface area contributed by atoms with E-state index < -0.39 is 0 Å². The van der Waals surface area contributed by atoms with Crippen LogP contribution in [-0.2, 0) is 0 Å². The van der Waals surface area contributed by atoms with E-state index >= 15 is 0 Å². The van der Waals surface area contributed by atoms with E-state index in [1.54, 1.807) is 14.2 Å². The highest BCUT2D eigenvalue weighted by atomic mass is 16.5. The molecule has 4 heteroatoms. The molecule has 0 aliphatic heterocycles. The third-order valence-electron chi connectivity index (χ3n) is 3.30. The van der Waals surface area contributed by atoms with Crippen molar-refractivity contribution in [3.8, 4) is 22.9 Å². The lowest BCUT2D eigenvalue weighted by atomic mass is 10.1. The number of aromatic nitrogens is 2. The maximum Gasteiger partial charge on any atom is 0.146 e. The Morgan fingerprint density at radius 2 is 1.70 bits per heavy atom. The molecule has 0 aliphatic rings. The van der Waals surface area contributed by atoms with Gasteiger partial charge < -0.3 is 14.5 Å². The van der Waals surface area contributed by atoms with Crippen LogP contribution in [0.25, 0.3) is 22.4 Å². The first kappa shape index (κ1) is 12.5. The number of ether oxygens (including phenoxy) is 2. The first-order valence-corrected chi connectivity index (χ1v) is 6.40. The Balaban J connectivity index is 2.24. The fraction of sp³-hybridized carbons (Fsp3) is 0.188. The maximum absolute atomic E-state index is 5.42. The van der Waals surface area contributed by atoms with Gasteiger partial charge in [-0.15, -0.1) is 0 Å². The van der Waals surface area contributed by atoms with Gasteiger partial charge in [0, 0.05) is 0 Å². The van der Waals surface area contributed by atoms with Crippen molar-refractivity contribution >= 4 is 11.0 Å². The predicted octanol–water partition coefficient (Wildman–Crippen LogP) is 3.56. The molecule has 2 aromatic carbocycles. The molecule has 0 atom stereocenters. The van der Waals surface area contributed by atoms with Crippen LogP contribution in [0.15, 0.2) is 36.4 Å².